The fourth-order valence-corrected chi connectivity index (χ4v) is 3.59. The van der Waals surface area contributed by atoms with E-state index in [2.05, 4.69) is 130 Å². The lowest BCUT2D eigenvalue weighted by Gasteiger charge is -1.82. The zero-order valence-electron chi connectivity index (χ0n) is 61.0. The summed E-state index contributed by atoms with van der Waals surface area (Å²) in [6.07, 6.45) is 32.4. The normalized spacial score (nSPS) is 7.44. The molecule has 0 aliphatic heterocycles. The van der Waals surface area contributed by atoms with Gasteiger partial charge in [-0.2, -0.15) is 25.5 Å². The highest BCUT2D eigenvalue weighted by Gasteiger charge is 1.81. The molecule has 0 amide bonds. The first-order valence-electron chi connectivity index (χ1n) is 31.0. The maximum atomic E-state index is 3.92. The zero-order valence-corrected chi connectivity index (χ0v) is 61.0. The Hall–Kier alpha value is -9.34. The molecule has 9 aromatic heterocycles. The third-order valence-electron chi connectivity index (χ3n) is 6.92. The second-order valence-corrected chi connectivity index (χ2v) is 13.4. The van der Waals surface area contributed by atoms with Crippen molar-refractivity contribution in [2.24, 2.45) is 0 Å². The number of aryl methyl sites for hydroxylation is 10. The predicted octanol–water partition coefficient (Wildman–Crippen LogP) is 16.9. The summed E-state index contributed by atoms with van der Waals surface area (Å²) >= 11 is 0. The van der Waals surface area contributed by atoms with Crippen LogP contribution in [-0.2, 0) is 0 Å². The van der Waals surface area contributed by atoms with Gasteiger partial charge in [-0.1, -0.05) is 174 Å². The van der Waals surface area contributed by atoms with Crippen LogP contribution in [0.1, 0.15) is 195 Å². The van der Waals surface area contributed by atoms with Crippen molar-refractivity contribution in [3.63, 3.8) is 0 Å². The van der Waals surface area contributed by atoms with E-state index in [-0.39, 0.29) is 0 Å². The van der Waals surface area contributed by atoms with Crippen LogP contribution in [0.15, 0.2) is 173 Å². The quantitative estimate of drug-likeness (QED) is 0.136. The first-order valence-corrected chi connectivity index (χ1v) is 31.0. The number of rotatable bonds is 0. The predicted molar refractivity (Wildman–Crippen MR) is 377 cm³/mol. The first-order chi connectivity index (χ1) is 43.9. The molecule has 0 N–H and O–H groups in total. The Morgan fingerprint density at radius 1 is 0.200 bits per heavy atom. The molecule has 22 heteroatoms. The number of hydrogen-bond donors (Lipinski definition) is 0. The molecule has 0 saturated carbocycles. The van der Waals surface area contributed by atoms with Crippen molar-refractivity contribution in [3.8, 4) is 0 Å². The lowest BCUT2D eigenvalue weighted by molar-refractivity contribution is 0.907. The molecule has 0 fully saturated rings. The minimum atomic E-state index is 0.711. The van der Waals surface area contributed by atoms with E-state index in [1.807, 2.05) is 224 Å². The molecule has 0 aliphatic rings. The molecule has 0 aliphatic carbocycles. The van der Waals surface area contributed by atoms with Gasteiger partial charge in [-0.25, -0.2) is 59.8 Å². The van der Waals surface area contributed by atoms with Gasteiger partial charge in [-0.3, -0.25) is 9.97 Å². The minimum Gasteiger partial charge on any atom is -0.261 e. The fraction of sp³-hybridized carbons (Fsp3) is 0.441. The van der Waals surface area contributed by atoms with Crippen LogP contribution < -0.4 is 0 Å². The lowest BCUT2D eigenvalue weighted by atomic mass is 10.2. The smallest absolute Gasteiger partial charge is 0.147 e. The van der Waals surface area contributed by atoms with Crippen LogP contribution >= 0.6 is 0 Å². The SMILES string of the molecule is CC.CC.CC.CC.CC.CC.CC.CC.CC.CC.Cc1ccccc1.Cc1ccncn1.Cc1ccnnc1.Cc1cnccn1.Cc1cncnc1.Cc1cncnn1.Cc1cnncn1.Cc1ncccn1.Cc1nccnn1.Cc1ncncn1. The van der Waals surface area contributed by atoms with E-state index in [1.54, 1.807) is 99.7 Å². The van der Waals surface area contributed by atoms with E-state index < -0.39 is 0 Å². The van der Waals surface area contributed by atoms with Crippen LogP contribution in [0.2, 0.25) is 0 Å². The van der Waals surface area contributed by atoms with Crippen LogP contribution in [0.3, 0.4) is 0 Å². The minimum absolute atomic E-state index is 0.711. The summed E-state index contributed by atoms with van der Waals surface area (Å²) in [6, 6.07) is 15.8. The summed E-state index contributed by atoms with van der Waals surface area (Å²) in [5.41, 5.74) is 7.29. The van der Waals surface area contributed by atoms with Gasteiger partial charge in [0.25, 0.3) is 0 Å². The molecule has 0 atom stereocenters. The third-order valence-corrected chi connectivity index (χ3v) is 6.92. The Balaban J connectivity index is -0.0000000957. The third kappa shape index (κ3) is 95.0. The number of benzene rings is 1. The molecule has 0 unspecified atom stereocenters. The Morgan fingerprint density at radius 3 is 0.900 bits per heavy atom. The molecular weight excluding hydrogens is 1120 g/mol. The van der Waals surface area contributed by atoms with Gasteiger partial charge in [0, 0.05) is 67.7 Å². The maximum absolute atomic E-state index is 3.92. The van der Waals surface area contributed by atoms with E-state index in [4.69, 9.17) is 0 Å². The van der Waals surface area contributed by atoms with Gasteiger partial charge in [0.15, 0.2) is 0 Å². The monoisotopic (exact) mass is 1240 g/mol. The van der Waals surface area contributed by atoms with Gasteiger partial charge in [-0.15, -0.1) is 15.3 Å². The highest BCUT2D eigenvalue weighted by atomic mass is 15.1. The van der Waals surface area contributed by atoms with E-state index in [0.717, 1.165) is 45.6 Å². The number of nitrogens with zero attached hydrogens (tertiary/aromatic N) is 22. The van der Waals surface area contributed by atoms with Crippen molar-refractivity contribution in [3.05, 3.63) is 230 Å². The van der Waals surface area contributed by atoms with Crippen LogP contribution in [0.4, 0.5) is 0 Å². The van der Waals surface area contributed by atoms with Crippen molar-refractivity contribution in [2.45, 2.75) is 208 Å². The summed E-state index contributed by atoms with van der Waals surface area (Å²) in [4.78, 5) is 53.1. The summed E-state index contributed by atoms with van der Waals surface area (Å²) in [5.74, 6) is 2.29. The number of aromatic nitrogens is 22. The molecule has 90 heavy (non-hydrogen) atoms. The lowest BCUT2D eigenvalue weighted by Crippen LogP contribution is -1.85. The van der Waals surface area contributed by atoms with E-state index >= 15 is 0 Å². The second kappa shape index (κ2) is 98.7. The van der Waals surface area contributed by atoms with Crippen molar-refractivity contribution < 1.29 is 0 Å². The topological polar surface area (TPSA) is 284 Å². The van der Waals surface area contributed by atoms with E-state index in [9.17, 15) is 0 Å². The Labute approximate surface area is 546 Å². The molecule has 9 heterocycles. The fourth-order valence-electron chi connectivity index (χ4n) is 3.59. The van der Waals surface area contributed by atoms with Crippen LogP contribution in [-0.4, -0.2) is 111 Å². The van der Waals surface area contributed by atoms with Gasteiger partial charge < -0.3 is 0 Å². The summed E-state index contributed by atoms with van der Waals surface area (Å²) < 4.78 is 0. The van der Waals surface area contributed by atoms with Crippen molar-refractivity contribution in [2.75, 3.05) is 0 Å². The Kier molecular flexibility index (Phi) is 112. The van der Waals surface area contributed by atoms with E-state index in [0.29, 0.717) is 5.82 Å². The highest BCUT2D eigenvalue weighted by Crippen LogP contribution is 1.92. The van der Waals surface area contributed by atoms with Gasteiger partial charge in [0.1, 0.15) is 55.4 Å². The van der Waals surface area contributed by atoms with Crippen LogP contribution in [0.25, 0.3) is 0 Å². The van der Waals surface area contributed by atoms with Crippen molar-refractivity contribution in [1.29, 1.82) is 0 Å². The molecule has 0 radical (unpaired) electrons. The van der Waals surface area contributed by atoms with Crippen LogP contribution in [0, 0.1) is 69.2 Å². The van der Waals surface area contributed by atoms with Gasteiger partial charge in [0.05, 0.1) is 41.9 Å². The largest absolute Gasteiger partial charge is 0.261 e. The van der Waals surface area contributed by atoms with Crippen molar-refractivity contribution in [1.82, 2.24) is 111 Å². The highest BCUT2D eigenvalue weighted by molar-refractivity contribution is 5.11. The standard InChI is InChI=1S/C7H8.5C5H6N2.4C4H5N3.10C2H6/c1-7-5-3-2-4-6-7;1-5-2-6-4-7-3-5;1-5-4-6-2-3-7-5;1-5-2-3-6-4-7-5;1-5-2-3-6-7-4-5;1-5-6-3-2-4-7-5;1-4-6-2-5-3-7-4;1-4-2-6-7-3-5-4;1-4-2-5-3-6-7-4;1-4-5-2-3-6-7-4;10*1-2/h2-6H,1H3;5*2-4H,1H3;4*2-3H,1H3;10*1-2H3. The Bertz CT molecular complexity index is 1990. The molecule has 0 saturated heterocycles. The first kappa shape index (κ1) is 103. The van der Waals surface area contributed by atoms with Crippen molar-refractivity contribution >= 4 is 0 Å². The van der Waals surface area contributed by atoms with Gasteiger partial charge in [-0.05, 0) is 98.6 Å². The second-order valence-electron chi connectivity index (χ2n) is 13.4. The van der Waals surface area contributed by atoms with Gasteiger partial charge >= 0.3 is 0 Å². The molecule has 0 spiro atoms. The molecular formula is C68H118N22. The Morgan fingerprint density at radius 2 is 0.678 bits per heavy atom. The zero-order chi connectivity index (χ0) is 71.1. The summed E-state index contributed by atoms with van der Waals surface area (Å²) in [5, 5.41) is 28.7. The summed E-state index contributed by atoms with van der Waals surface area (Å²) in [7, 11) is 0. The van der Waals surface area contributed by atoms with Gasteiger partial charge in [0.2, 0.25) is 0 Å². The summed E-state index contributed by atoms with van der Waals surface area (Å²) in [6.45, 7) is 59.1. The maximum Gasteiger partial charge on any atom is 0.147 e. The molecule has 22 nitrogen and oxygen atoms in total. The molecule has 10 rings (SSSR count). The molecule has 1 aromatic carbocycles. The molecule has 0 bridgehead atoms. The molecule has 10 aromatic rings. The van der Waals surface area contributed by atoms with Crippen LogP contribution in [0.5, 0.6) is 0 Å². The number of hydrogen-bond acceptors (Lipinski definition) is 22. The average Bonchev–Trinajstić information content (AvgIpc) is 3.62. The molecule has 500 valence electrons. The van der Waals surface area contributed by atoms with E-state index in [1.165, 1.54) is 43.5 Å². The average molecular weight is 1240 g/mol.